The number of nitrogens with zero attached hydrogens (tertiary/aromatic N) is 3. The molecule has 0 aromatic carbocycles. The third-order valence-electron chi connectivity index (χ3n) is 2.12. The number of nitrogens with one attached hydrogen (secondary N) is 1. The van der Waals surface area contributed by atoms with Crippen LogP contribution in [-0.2, 0) is 12.3 Å². The van der Waals surface area contributed by atoms with Crippen LogP contribution in [0.5, 0.6) is 0 Å². The van der Waals surface area contributed by atoms with Crippen molar-refractivity contribution < 1.29 is 4.92 Å². The van der Waals surface area contributed by atoms with Crippen LogP contribution in [0.25, 0.3) is 0 Å². The minimum absolute atomic E-state index is 0.0810. The average molecular weight is 317 g/mol. The Bertz CT molecular complexity index is 461. The second-order valence-electron chi connectivity index (χ2n) is 4.32. The molecule has 0 bridgehead atoms. The van der Waals surface area contributed by atoms with Crippen molar-refractivity contribution in [3.63, 3.8) is 0 Å². The molecular weight excluding hydrogens is 298 g/mol. The monoisotopic (exact) mass is 317 g/mol. The topological polar surface area (TPSA) is 97.3 Å². The van der Waals surface area contributed by atoms with Crippen LogP contribution in [0.1, 0.15) is 10.7 Å². The van der Waals surface area contributed by atoms with Gasteiger partial charge in [-0.2, -0.15) is 11.8 Å². The zero-order valence-electron chi connectivity index (χ0n) is 11.5. The van der Waals surface area contributed by atoms with E-state index in [1.165, 1.54) is 0 Å². The summed E-state index contributed by atoms with van der Waals surface area (Å²) in [7, 11) is 4.04. The standard InChI is InChI=1S/C11H19N5O2S2/c1-15(2)6-11-14-9(8-20-11)7-19-4-3-13-10(12)5-16(17)18/h5,8,13H,3-4,6-7,12H2,1-2H3/b10-5+. The third-order valence-corrected chi connectivity index (χ3v) is 4.00. The molecule has 0 spiro atoms. The molecule has 0 aliphatic rings. The maximum atomic E-state index is 10.2. The zero-order valence-corrected chi connectivity index (χ0v) is 13.2. The predicted molar refractivity (Wildman–Crippen MR) is 82.9 cm³/mol. The quantitative estimate of drug-likeness (QED) is 0.399. The molecule has 0 amide bonds. The van der Waals surface area contributed by atoms with Gasteiger partial charge in [-0.25, -0.2) is 4.98 Å². The molecule has 3 N–H and O–H groups in total. The summed E-state index contributed by atoms with van der Waals surface area (Å²) in [5.41, 5.74) is 6.48. The smallest absolute Gasteiger partial charge is 0.273 e. The molecule has 20 heavy (non-hydrogen) atoms. The molecule has 0 saturated heterocycles. The SMILES string of the molecule is CN(C)Cc1nc(CSCCN/C(N)=C/[N+](=O)[O-])cs1. The molecule has 112 valence electrons. The lowest BCUT2D eigenvalue weighted by Gasteiger charge is -2.05. The first-order chi connectivity index (χ1) is 9.47. The molecule has 9 heteroatoms. The van der Waals surface area contributed by atoms with E-state index in [9.17, 15) is 10.1 Å². The number of thiazole rings is 1. The molecule has 0 unspecified atom stereocenters. The van der Waals surface area contributed by atoms with E-state index in [0.29, 0.717) is 6.54 Å². The van der Waals surface area contributed by atoms with Crippen molar-refractivity contribution >= 4 is 23.1 Å². The summed E-state index contributed by atoms with van der Waals surface area (Å²) in [6.45, 7) is 1.45. The van der Waals surface area contributed by atoms with Crippen LogP contribution in [-0.4, -0.2) is 41.2 Å². The highest BCUT2D eigenvalue weighted by Crippen LogP contribution is 2.16. The van der Waals surface area contributed by atoms with Crippen molar-refractivity contribution in [1.82, 2.24) is 15.2 Å². The molecule has 0 saturated carbocycles. The minimum atomic E-state index is -0.572. The maximum Gasteiger partial charge on any atom is 0.273 e. The van der Waals surface area contributed by atoms with Crippen LogP contribution in [0, 0.1) is 10.1 Å². The fraction of sp³-hybridized carbons (Fsp3) is 0.545. The van der Waals surface area contributed by atoms with Gasteiger partial charge < -0.3 is 16.0 Å². The normalized spacial score (nSPS) is 11.8. The van der Waals surface area contributed by atoms with Crippen molar-refractivity contribution in [2.45, 2.75) is 12.3 Å². The van der Waals surface area contributed by atoms with Crippen LogP contribution >= 0.6 is 23.1 Å². The molecule has 0 aliphatic carbocycles. The number of rotatable bonds is 9. The van der Waals surface area contributed by atoms with Gasteiger partial charge in [-0.1, -0.05) is 0 Å². The first-order valence-electron chi connectivity index (χ1n) is 5.98. The van der Waals surface area contributed by atoms with Gasteiger partial charge >= 0.3 is 0 Å². The van der Waals surface area contributed by atoms with Crippen molar-refractivity contribution in [2.24, 2.45) is 5.73 Å². The van der Waals surface area contributed by atoms with Crippen LogP contribution in [0.15, 0.2) is 17.4 Å². The molecule has 1 aromatic rings. The Morgan fingerprint density at radius 3 is 3.10 bits per heavy atom. The lowest BCUT2D eigenvalue weighted by molar-refractivity contribution is -0.403. The van der Waals surface area contributed by atoms with E-state index < -0.39 is 4.92 Å². The van der Waals surface area contributed by atoms with Gasteiger partial charge in [0.2, 0.25) is 0 Å². The third kappa shape index (κ3) is 7.31. The highest BCUT2D eigenvalue weighted by molar-refractivity contribution is 7.98. The van der Waals surface area contributed by atoms with E-state index in [1.807, 2.05) is 14.1 Å². The lowest BCUT2D eigenvalue weighted by atomic mass is 10.5. The first-order valence-corrected chi connectivity index (χ1v) is 8.01. The van der Waals surface area contributed by atoms with E-state index in [1.54, 1.807) is 23.1 Å². The van der Waals surface area contributed by atoms with Crippen LogP contribution < -0.4 is 11.1 Å². The molecule has 7 nitrogen and oxygen atoms in total. The van der Waals surface area contributed by atoms with Gasteiger partial charge in [-0.3, -0.25) is 10.1 Å². The van der Waals surface area contributed by atoms with E-state index in [2.05, 4.69) is 20.6 Å². The Balaban J connectivity index is 2.18. The molecule has 1 rings (SSSR count). The van der Waals surface area contributed by atoms with Gasteiger partial charge in [0.1, 0.15) is 5.01 Å². The van der Waals surface area contributed by atoms with E-state index in [4.69, 9.17) is 5.73 Å². The highest BCUT2D eigenvalue weighted by atomic mass is 32.2. The Morgan fingerprint density at radius 1 is 1.70 bits per heavy atom. The van der Waals surface area contributed by atoms with E-state index >= 15 is 0 Å². The highest BCUT2D eigenvalue weighted by Gasteiger charge is 2.03. The number of aromatic nitrogens is 1. The van der Waals surface area contributed by atoms with Gasteiger partial charge in [-0.05, 0) is 14.1 Å². The molecule has 0 aliphatic heterocycles. The molecule has 1 heterocycles. The maximum absolute atomic E-state index is 10.2. The summed E-state index contributed by atoms with van der Waals surface area (Å²) in [4.78, 5) is 16.2. The summed E-state index contributed by atoms with van der Waals surface area (Å²) in [5.74, 6) is 1.73. The average Bonchev–Trinajstić information content (AvgIpc) is 2.74. The lowest BCUT2D eigenvalue weighted by Crippen LogP contribution is -2.23. The number of hydrogen-bond acceptors (Lipinski definition) is 8. The molecule has 1 aromatic heterocycles. The summed E-state index contributed by atoms with van der Waals surface area (Å²) in [6, 6.07) is 0. The fourth-order valence-electron chi connectivity index (χ4n) is 1.36. The largest absolute Gasteiger partial charge is 0.380 e. The number of nitro groups is 1. The van der Waals surface area contributed by atoms with Crippen molar-refractivity contribution in [3.05, 3.63) is 38.2 Å². The van der Waals surface area contributed by atoms with Gasteiger partial charge in [0.05, 0.1) is 10.6 Å². The van der Waals surface area contributed by atoms with Gasteiger partial charge in [0, 0.05) is 30.0 Å². The van der Waals surface area contributed by atoms with E-state index in [0.717, 1.165) is 35.0 Å². The summed E-state index contributed by atoms with van der Waals surface area (Å²) >= 11 is 3.38. The number of nitrogens with two attached hydrogens (primary N) is 1. The summed E-state index contributed by atoms with van der Waals surface area (Å²) < 4.78 is 0. The predicted octanol–water partition coefficient (Wildman–Crippen LogP) is 1.06. The Kier molecular flexibility index (Phi) is 7.34. The first kappa shape index (κ1) is 16.7. The molecule has 0 fully saturated rings. The second-order valence-corrected chi connectivity index (χ2v) is 6.37. The number of hydrogen-bond donors (Lipinski definition) is 2. The Hall–Kier alpha value is -1.32. The zero-order chi connectivity index (χ0) is 15.0. The summed E-state index contributed by atoms with van der Waals surface area (Å²) in [6.07, 6.45) is 0.763. The fourth-order valence-corrected chi connectivity index (χ4v) is 3.13. The molecular formula is C11H19N5O2S2. The van der Waals surface area contributed by atoms with Crippen LogP contribution in [0.2, 0.25) is 0 Å². The Morgan fingerprint density at radius 2 is 2.45 bits per heavy atom. The van der Waals surface area contributed by atoms with Gasteiger partial charge in [0.25, 0.3) is 6.20 Å². The summed E-state index contributed by atoms with van der Waals surface area (Å²) in [5, 5.41) is 16.1. The minimum Gasteiger partial charge on any atom is -0.380 e. The van der Waals surface area contributed by atoms with Gasteiger partial charge in [-0.15, -0.1) is 11.3 Å². The van der Waals surface area contributed by atoms with E-state index in [-0.39, 0.29) is 5.82 Å². The Labute approximate surface area is 126 Å². The van der Waals surface area contributed by atoms with Gasteiger partial charge in [0.15, 0.2) is 5.82 Å². The van der Waals surface area contributed by atoms with Crippen molar-refractivity contribution in [1.29, 1.82) is 0 Å². The van der Waals surface area contributed by atoms with Crippen LogP contribution in [0.4, 0.5) is 0 Å². The number of thioether (sulfide) groups is 1. The molecule has 0 atom stereocenters. The van der Waals surface area contributed by atoms with Crippen LogP contribution in [0.3, 0.4) is 0 Å². The second kappa shape index (κ2) is 8.77. The molecule has 0 radical (unpaired) electrons. The van der Waals surface area contributed by atoms with Crippen molar-refractivity contribution in [2.75, 3.05) is 26.4 Å². The van der Waals surface area contributed by atoms with Crippen molar-refractivity contribution in [3.8, 4) is 0 Å².